The predicted octanol–water partition coefficient (Wildman–Crippen LogP) is 6.21. The molecule has 0 spiro atoms. The molecule has 114 valence electrons. The number of hydrogen-bond donors (Lipinski definition) is 0. The summed E-state index contributed by atoms with van der Waals surface area (Å²) in [5.74, 6) is 0. The first kappa shape index (κ1) is 15.1. The standard InChI is InChI=1S/C22H26/c1-4-9-17-12-6-7-14-19(17)21-15-18-13-8-11-16(3)22(18)20(21)10-5-2/h6-8,11-14H,4-5,9-10,15H2,1-3H3. The van der Waals surface area contributed by atoms with Crippen LogP contribution in [0.2, 0.25) is 0 Å². The number of aryl methyl sites for hydroxylation is 2. The third kappa shape index (κ3) is 2.63. The molecule has 2 aromatic carbocycles. The van der Waals surface area contributed by atoms with Crippen molar-refractivity contribution in [2.24, 2.45) is 0 Å². The number of benzene rings is 2. The van der Waals surface area contributed by atoms with E-state index in [1.165, 1.54) is 53.5 Å². The Morgan fingerprint density at radius 1 is 0.864 bits per heavy atom. The summed E-state index contributed by atoms with van der Waals surface area (Å²) >= 11 is 0. The van der Waals surface area contributed by atoms with Crippen LogP contribution in [0.1, 0.15) is 60.9 Å². The molecular formula is C22H26. The van der Waals surface area contributed by atoms with Crippen LogP contribution in [0, 0.1) is 6.92 Å². The van der Waals surface area contributed by atoms with Gasteiger partial charge in [-0.2, -0.15) is 0 Å². The quantitative estimate of drug-likeness (QED) is 0.613. The van der Waals surface area contributed by atoms with E-state index in [1.54, 1.807) is 11.1 Å². The summed E-state index contributed by atoms with van der Waals surface area (Å²) < 4.78 is 0. The lowest BCUT2D eigenvalue weighted by molar-refractivity contribution is 0.917. The molecule has 0 amide bonds. The van der Waals surface area contributed by atoms with Crippen molar-refractivity contribution < 1.29 is 0 Å². The van der Waals surface area contributed by atoms with Crippen molar-refractivity contribution in [2.45, 2.75) is 52.9 Å². The summed E-state index contributed by atoms with van der Waals surface area (Å²) in [6, 6.07) is 15.8. The molecule has 0 bridgehead atoms. The van der Waals surface area contributed by atoms with E-state index in [1.807, 2.05) is 0 Å². The lowest BCUT2D eigenvalue weighted by atomic mass is 9.91. The third-order valence-electron chi connectivity index (χ3n) is 4.75. The van der Waals surface area contributed by atoms with Crippen LogP contribution in [-0.4, -0.2) is 0 Å². The van der Waals surface area contributed by atoms with E-state index < -0.39 is 0 Å². The van der Waals surface area contributed by atoms with Crippen LogP contribution in [0.15, 0.2) is 42.5 Å². The normalized spacial score (nSPS) is 13.6. The Morgan fingerprint density at radius 2 is 1.64 bits per heavy atom. The summed E-state index contributed by atoms with van der Waals surface area (Å²) in [6.07, 6.45) is 5.89. The number of fused-ring (bicyclic) bond motifs is 1. The van der Waals surface area contributed by atoms with Gasteiger partial charge in [-0.05, 0) is 65.1 Å². The molecule has 0 saturated carbocycles. The minimum atomic E-state index is 1.10. The maximum absolute atomic E-state index is 2.33. The SMILES string of the molecule is CCCC1=C(c2ccccc2CCC)Cc2cccc(C)c21. The first-order valence-electron chi connectivity index (χ1n) is 8.65. The van der Waals surface area contributed by atoms with E-state index in [4.69, 9.17) is 0 Å². The highest BCUT2D eigenvalue weighted by Gasteiger charge is 2.24. The second kappa shape index (κ2) is 6.52. The molecule has 0 aliphatic heterocycles. The molecule has 0 atom stereocenters. The van der Waals surface area contributed by atoms with Crippen molar-refractivity contribution in [3.63, 3.8) is 0 Å². The van der Waals surface area contributed by atoms with E-state index in [-0.39, 0.29) is 0 Å². The van der Waals surface area contributed by atoms with E-state index in [2.05, 4.69) is 63.2 Å². The molecule has 3 rings (SSSR count). The molecule has 0 saturated heterocycles. The molecular weight excluding hydrogens is 264 g/mol. The predicted molar refractivity (Wildman–Crippen MR) is 97.0 cm³/mol. The molecule has 1 aliphatic rings. The Balaban J connectivity index is 2.15. The molecule has 0 heterocycles. The monoisotopic (exact) mass is 290 g/mol. The van der Waals surface area contributed by atoms with Gasteiger partial charge in [0.05, 0.1) is 0 Å². The van der Waals surface area contributed by atoms with Gasteiger partial charge in [-0.1, -0.05) is 69.2 Å². The van der Waals surface area contributed by atoms with Gasteiger partial charge in [0, 0.05) is 0 Å². The van der Waals surface area contributed by atoms with Crippen molar-refractivity contribution in [3.8, 4) is 0 Å². The number of rotatable bonds is 5. The Labute approximate surface area is 134 Å². The molecule has 0 aromatic heterocycles. The van der Waals surface area contributed by atoms with E-state index in [0.29, 0.717) is 0 Å². The first-order chi connectivity index (χ1) is 10.8. The largest absolute Gasteiger partial charge is 0.0651 e. The highest BCUT2D eigenvalue weighted by atomic mass is 14.3. The lowest BCUT2D eigenvalue weighted by Gasteiger charge is -2.13. The minimum absolute atomic E-state index is 1.10. The van der Waals surface area contributed by atoms with E-state index in [0.717, 1.165) is 6.42 Å². The Morgan fingerprint density at radius 3 is 2.41 bits per heavy atom. The van der Waals surface area contributed by atoms with Crippen LogP contribution in [0.5, 0.6) is 0 Å². The van der Waals surface area contributed by atoms with Crippen molar-refractivity contribution in [1.29, 1.82) is 0 Å². The molecule has 1 aliphatic carbocycles. The van der Waals surface area contributed by atoms with Crippen molar-refractivity contribution in [2.75, 3.05) is 0 Å². The smallest absolute Gasteiger partial charge is 0.00106 e. The van der Waals surface area contributed by atoms with Gasteiger partial charge in [-0.3, -0.25) is 0 Å². The van der Waals surface area contributed by atoms with Gasteiger partial charge < -0.3 is 0 Å². The van der Waals surface area contributed by atoms with Gasteiger partial charge in [0.1, 0.15) is 0 Å². The fourth-order valence-electron chi connectivity index (χ4n) is 3.84. The Bertz CT molecular complexity index is 704. The summed E-state index contributed by atoms with van der Waals surface area (Å²) in [5.41, 5.74) is 10.7. The van der Waals surface area contributed by atoms with E-state index in [9.17, 15) is 0 Å². The number of hydrogen-bond acceptors (Lipinski definition) is 0. The zero-order chi connectivity index (χ0) is 15.5. The maximum Gasteiger partial charge on any atom is -0.00106 e. The van der Waals surface area contributed by atoms with Gasteiger partial charge >= 0.3 is 0 Å². The van der Waals surface area contributed by atoms with Crippen LogP contribution < -0.4 is 0 Å². The summed E-state index contributed by atoms with van der Waals surface area (Å²) in [5, 5.41) is 0. The second-order valence-corrected chi connectivity index (χ2v) is 6.40. The second-order valence-electron chi connectivity index (χ2n) is 6.40. The summed E-state index contributed by atoms with van der Waals surface area (Å²) in [4.78, 5) is 0. The summed E-state index contributed by atoms with van der Waals surface area (Å²) in [7, 11) is 0. The van der Waals surface area contributed by atoms with Gasteiger partial charge in [0.2, 0.25) is 0 Å². The fraction of sp³-hybridized carbons (Fsp3) is 0.364. The van der Waals surface area contributed by atoms with Gasteiger partial charge in [0.25, 0.3) is 0 Å². The van der Waals surface area contributed by atoms with Crippen LogP contribution in [0.3, 0.4) is 0 Å². The van der Waals surface area contributed by atoms with Crippen LogP contribution in [0.4, 0.5) is 0 Å². The van der Waals surface area contributed by atoms with Crippen molar-refractivity contribution >= 4 is 11.1 Å². The van der Waals surface area contributed by atoms with Gasteiger partial charge in [-0.15, -0.1) is 0 Å². The fourth-order valence-corrected chi connectivity index (χ4v) is 3.84. The van der Waals surface area contributed by atoms with E-state index >= 15 is 0 Å². The molecule has 0 radical (unpaired) electrons. The maximum atomic E-state index is 2.33. The zero-order valence-electron chi connectivity index (χ0n) is 14.1. The average Bonchev–Trinajstić information content (AvgIpc) is 2.89. The molecule has 0 nitrogen and oxygen atoms in total. The lowest BCUT2D eigenvalue weighted by Crippen LogP contribution is -1.95. The highest BCUT2D eigenvalue weighted by Crippen LogP contribution is 2.43. The zero-order valence-corrected chi connectivity index (χ0v) is 14.1. The van der Waals surface area contributed by atoms with Gasteiger partial charge in [-0.25, -0.2) is 0 Å². The Kier molecular flexibility index (Phi) is 4.47. The molecule has 0 N–H and O–H groups in total. The molecule has 0 heteroatoms. The Hall–Kier alpha value is -1.82. The minimum Gasteiger partial charge on any atom is -0.0651 e. The third-order valence-corrected chi connectivity index (χ3v) is 4.75. The van der Waals surface area contributed by atoms with Crippen molar-refractivity contribution in [1.82, 2.24) is 0 Å². The topological polar surface area (TPSA) is 0 Å². The molecule has 2 aromatic rings. The van der Waals surface area contributed by atoms with Crippen LogP contribution in [0.25, 0.3) is 11.1 Å². The van der Waals surface area contributed by atoms with Crippen LogP contribution in [-0.2, 0) is 12.8 Å². The molecule has 22 heavy (non-hydrogen) atoms. The average molecular weight is 290 g/mol. The van der Waals surface area contributed by atoms with Gasteiger partial charge in [0.15, 0.2) is 0 Å². The molecule has 0 unspecified atom stereocenters. The highest BCUT2D eigenvalue weighted by molar-refractivity contribution is 5.98. The summed E-state index contributed by atoms with van der Waals surface area (Å²) in [6.45, 7) is 6.82. The molecule has 0 fully saturated rings. The van der Waals surface area contributed by atoms with Crippen LogP contribution >= 0.6 is 0 Å². The number of allylic oxidation sites excluding steroid dienone is 2. The first-order valence-corrected chi connectivity index (χ1v) is 8.65. The van der Waals surface area contributed by atoms with Crippen molar-refractivity contribution in [3.05, 3.63) is 70.3 Å².